The van der Waals surface area contributed by atoms with Gasteiger partial charge in [-0.25, -0.2) is 4.79 Å². The molecule has 0 bridgehead atoms. The summed E-state index contributed by atoms with van der Waals surface area (Å²) in [6.07, 6.45) is 0. The Labute approximate surface area is 112 Å². The molecule has 19 heavy (non-hydrogen) atoms. The number of hydrogen-bond acceptors (Lipinski definition) is 4. The van der Waals surface area contributed by atoms with Gasteiger partial charge in [-0.05, 0) is 34.5 Å². The topological polar surface area (TPSA) is 73.3 Å². The zero-order chi connectivity index (χ0) is 13.4. The Morgan fingerprint density at radius 1 is 1.26 bits per heavy atom. The van der Waals surface area contributed by atoms with Gasteiger partial charge in [-0.15, -0.1) is 0 Å². The molecule has 0 saturated carbocycles. The molecule has 0 aliphatic rings. The summed E-state index contributed by atoms with van der Waals surface area (Å²) in [6, 6.07) is 8.59. The molecule has 0 radical (unpaired) electrons. The molecule has 0 fully saturated rings. The largest absolute Gasteiger partial charge is 0.421 e. The van der Waals surface area contributed by atoms with Crippen LogP contribution in [0, 0.1) is 0 Å². The molecule has 0 aliphatic carbocycles. The quantitative estimate of drug-likeness (QED) is 0.728. The fourth-order valence-electron chi connectivity index (χ4n) is 1.96. The van der Waals surface area contributed by atoms with Gasteiger partial charge in [0.2, 0.25) is 0 Å². The van der Waals surface area contributed by atoms with E-state index in [1.165, 1.54) is 17.4 Å². The summed E-state index contributed by atoms with van der Waals surface area (Å²) < 4.78 is 5.26. The first-order valence-electron chi connectivity index (χ1n) is 5.56. The first-order valence-corrected chi connectivity index (χ1v) is 6.50. The number of nitrogens with two attached hydrogens (primary N) is 1. The van der Waals surface area contributed by atoms with Crippen molar-refractivity contribution in [3.05, 3.63) is 57.1 Å². The van der Waals surface area contributed by atoms with E-state index in [1.807, 2.05) is 16.8 Å². The van der Waals surface area contributed by atoms with Crippen LogP contribution in [0.25, 0.3) is 22.1 Å². The van der Waals surface area contributed by atoms with Crippen molar-refractivity contribution in [2.75, 3.05) is 0 Å². The molecule has 3 aromatic rings. The van der Waals surface area contributed by atoms with Crippen LogP contribution in [-0.4, -0.2) is 5.91 Å². The summed E-state index contributed by atoms with van der Waals surface area (Å²) in [4.78, 5) is 23.3. The first-order chi connectivity index (χ1) is 9.16. The second-order valence-electron chi connectivity index (χ2n) is 4.05. The minimum absolute atomic E-state index is 0.214. The van der Waals surface area contributed by atoms with Crippen LogP contribution in [0.15, 0.2) is 50.3 Å². The van der Waals surface area contributed by atoms with Crippen molar-refractivity contribution in [1.29, 1.82) is 0 Å². The van der Waals surface area contributed by atoms with E-state index in [4.69, 9.17) is 10.2 Å². The number of carbonyl (C=O) groups excluding carboxylic acids is 1. The molecular weight excluding hydrogens is 262 g/mol. The fourth-order valence-corrected chi connectivity index (χ4v) is 2.61. The Bertz CT molecular complexity index is 818. The van der Waals surface area contributed by atoms with Gasteiger partial charge in [0.05, 0.1) is 11.1 Å². The molecule has 0 saturated heterocycles. The maximum absolute atomic E-state index is 12.0. The van der Waals surface area contributed by atoms with Crippen molar-refractivity contribution in [2.24, 2.45) is 5.73 Å². The third-order valence-corrected chi connectivity index (χ3v) is 3.54. The Hall–Kier alpha value is -2.40. The zero-order valence-electron chi connectivity index (χ0n) is 9.75. The van der Waals surface area contributed by atoms with Crippen molar-refractivity contribution in [2.45, 2.75) is 0 Å². The number of benzene rings is 1. The predicted molar refractivity (Wildman–Crippen MR) is 74.3 cm³/mol. The number of fused-ring (bicyclic) bond motifs is 1. The predicted octanol–water partition coefficient (Wildman–Crippen LogP) is 2.62. The molecule has 2 N–H and O–H groups in total. The first kappa shape index (κ1) is 11.7. The number of primary amides is 1. The molecule has 2 aromatic heterocycles. The van der Waals surface area contributed by atoms with Crippen molar-refractivity contribution in [3.63, 3.8) is 0 Å². The molecule has 0 spiro atoms. The average Bonchev–Trinajstić information content (AvgIpc) is 2.90. The van der Waals surface area contributed by atoms with E-state index in [-0.39, 0.29) is 11.1 Å². The van der Waals surface area contributed by atoms with Gasteiger partial charge < -0.3 is 10.2 Å². The third-order valence-electron chi connectivity index (χ3n) is 2.86. The lowest BCUT2D eigenvalue weighted by atomic mass is 10.1. The molecular formula is C14H9NO3S. The number of hydrogen-bond donors (Lipinski definition) is 1. The minimum Gasteiger partial charge on any atom is -0.421 e. The lowest BCUT2D eigenvalue weighted by Gasteiger charge is -2.03. The number of carbonyl (C=O) groups is 1. The van der Waals surface area contributed by atoms with Gasteiger partial charge >= 0.3 is 5.63 Å². The monoisotopic (exact) mass is 271 g/mol. The van der Waals surface area contributed by atoms with Gasteiger partial charge in [0.15, 0.2) is 5.58 Å². The van der Waals surface area contributed by atoms with Gasteiger partial charge in [0, 0.05) is 5.39 Å². The van der Waals surface area contributed by atoms with E-state index in [9.17, 15) is 9.59 Å². The number of rotatable bonds is 2. The van der Waals surface area contributed by atoms with E-state index in [0.29, 0.717) is 10.9 Å². The normalized spacial score (nSPS) is 10.7. The molecule has 0 aliphatic heterocycles. The summed E-state index contributed by atoms with van der Waals surface area (Å²) in [7, 11) is 0. The lowest BCUT2D eigenvalue weighted by Crippen LogP contribution is -2.12. The molecule has 2 heterocycles. The second kappa shape index (κ2) is 4.37. The highest BCUT2D eigenvalue weighted by Crippen LogP contribution is 2.24. The van der Waals surface area contributed by atoms with Crippen LogP contribution in [0.3, 0.4) is 0 Å². The van der Waals surface area contributed by atoms with Crippen molar-refractivity contribution in [3.8, 4) is 11.1 Å². The summed E-state index contributed by atoms with van der Waals surface area (Å²) in [6.45, 7) is 0. The van der Waals surface area contributed by atoms with Gasteiger partial charge in [0.25, 0.3) is 5.91 Å². The van der Waals surface area contributed by atoms with E-state index in [2.05, 4.69) is 0 Å². The standard InChI is InChI=1S/C14H9NO3S/c15-13(16)10-3-1-2-8-6-11(9-4-5-19-7-9)14(17)18-12(8)10/h1-7H,(H2,15,16). The van der Waals surface area contributed by atoms with E-state index in [0.717, 1.165) is 5.56 Å². The van der Waals surface area contributed by atoms with Crippen LogP contribution in [0.5, 0.6) is 0 Å². The van der Waals surface area contributed by atoms with Crippen LogP contribution in [-0.2, 0) is 0 Å². The molecule has 4 nitrogen and oxygen atoms in total. The number of thiophene rings is 1. The van der Waals surface area contributed by atoms with Crippen molar-refractivity contribution < 1.29 is 9.21 Å². The molecule has 94 valence electrons. The van der Waals surface area contributed by atoms with Crippen LogP contribution in [0.2, 0.25) is 0 Å². The van der Waals surface area contributed by atoms with Crippen LogP contribution in [0.4, 0.5) is 0 Å². The van der Waals surface area contributed by atoms with E-state index >= 15 is 0 Å². The van der Waals surface area contributed by atoms with Gasteiger partial charge in [0.1, 0.15) is 0 Å². The Morgan fingerprint density at radius 2 is 2.11 bits per heavy atom. The molecule has 3 rings (SSSR count). The van der Waals surface area contributed by atoms with E-state index in [1.54, 1.807) is 18.2 Å². The molecule has 0 atom stereocenters. The summed E-state index contributed by atoms with van der Waals surface area (Å²) in [5.74, 6) is -0.614. The summed E-state index contributed by atoms with van der Waals surface area (Å²) in [5, 5.41) is 4.44. The van der Waals surface area contributed by atoms with Gasteiger partial charge in [-0.2, -0.15) is 11.3 Å². The smallest absolute Gasteiger partial charge is 0.344 e. The molecule has 5 heteroatoms. The summed E-state index contributed by atoms with van der Waals surface area (Å²) in [5.41, 5.74) is 6.53. The number of para-hydroxylation sites is 1. The van der Waals surface area contributed by atoms with Gasteiger partial charge in [-0.1, -0.05) is 12.1 Å². The maximum atomic E-state index is 12.0. The highest BCUT2D eigenvalue weighted by Gasteiger charge is 2.13. The van der Waals surface area contributed by atoms with Crippen LogP contribution in [0.1, 0.15) is 10.4 Å². The molecule has 1 amide bonds. The average molecular weight is 271 g/mol. The van der Waals surface area contributed by atoms with Crippen LogP contribution < -0.4 is 11.4 Å². The van der Waals surface area contributed by atoms with Crippen molar-refractivity contribution in [1.82, 2.24) is 0 Å². The maximum Gasteiger partial charge on any atom is 0.344 e. The highest BCUT2D eigenvalue weighted by atomic mass is 32.1. The van der Waals surface area contributed by atoms with Gasteiger partial charge in [-0.3, -0.25) is 4.79 Å². The Morgan fingerprint density at radius 3 is 2.79 bits per heavy atom. The number of amides is 1. The highest BCUT2D eigenvalue weighted by molar-refractivity contribution is 7.08. The third kappa shape index (κ3) is 1.94. The van der Waals surface area contributed by atoms with Crippen molar-refractivity contribution >= 4 is 28.2 Å². The Kier molecular flexibility index (Phi) is 2.68. The zero-order valence-corrected chi connectivity index (χ0v) is 10.6. The Balaban J connectivity index is 2.34. The molecule has 1 aromatic carbocycles. The fraction of sp³-hybridized carbons (Fsp3) is 0. The summed E-state index contributed by atoms with van der Waals surface area (Å²) >= 11 is 1.50. The minimum atomic E-state index is -0.614. The van der Waals surface area contributed by atoms with Crippen LogP contribution >= 0.6 is 11.3 Å². The second-order valence-corrected chi connectivity index (χ2v) is 4.83. The molecule has 0 unspecified atom stereocenters. The van der Waals surface area contributed by atoms with E-state index < -0.39 is 11.5 Å². The SMILES string of the molecule is NC(=O)c1cccc2cc(-c3ccsc3)c(=O)oc12. The lowest BCUT2D eigenvalue weighted by molar-refractivity contribution is 0.100.